The summed E-state index contributed by atoms with van der Waals surface area (Å²) in [5.41, 5.74) is 0.512. The first-order valence-corrected chi connectivity index (χ1v) is 9.13. The van der Waals surface area contributed by atoms with Crippen LogP contribution in [-0.4, -0.2) is 55.4 Å². The van der Waals surface area contributed by atoms with Crippen molar-refractivity contribution < 1.29 is 24.2 Å². The number of rotatable bonds is 7. The van der Waals surface area contributed by atoms with Gasteiger partial charge < -0.3 is 24.8 Å². The Kier molecular flexibility index (Phi) is 5.85. The van der Waals surface area contributed by atoms with Crippen LogP contribution >= 0.6 is 0 Å². The molecule has 2 amide bonds. The van der Waals surface area contributed by atoms with Gasteiger partial charge in [0.15, 0.2) is 0 Å². The Bertz CT molecular complexity index is 651. The van der Waals surface area contributed by atoms with Crippen LogP contribution < -0.4 is 14.8 Å². The summed E-state index contributed by atoms with van der Waals surface area (Å²) in [5.74, 6) is 2.01. The summed E-state index contributed by atoms with van der Waals surface area (Å²) in [6.07, 6.45) is 3.07. The normalized spacial score (nSPS) is 17.7. The molecule has 1 heterocycles. The minimum Gasteiger partial charge on any atom is -0.497 e. The Morgan fingerprint density at radius 1 is 1.12 bits per heavy atom. The monoisotopic (exact) mass is 362 g/mol. The third kappa shape index (κ3) is 5.03. The highest BCUT2D eigenvalue weighted by Crippen LogP contribution is 2.31. The maximum atomic E-state index is 12.5. The second-order valence-electron chi connectivity index (χ2n) is 7.07. The van der Waals surface area contributed by atoms with Crippen LogP contribution in [0.1, 0.15) is 36.0 Å². The fourth-order valence-electron chi connectivity index (χ4n) is 3.07. The Labute approximate surface area is 153 Å². The highest BCUT2D eigenvalue weighted by molar-refractivity contribution is 5.95. The first-order valence-electron chi connectivity index (χ1n) is 9.13. The SMILES string of the molecule is COc1cc(OCC2CC2)cc(C(=O)NCC2CCN(C(=O)O)CC2)c1. The van der Waals surface area contributed by atoms with Gasteiger partial charge in [-0.2, -0.15) is 0 Å². The van der Waals surface area contributed by atoms with Crippen molar-refractivity contribution in [1.29, 1.82) is 0 Å². The van der Waals surface area contributed by atoms with Crippen molar-refractivity contribution in [1.82, 2.24) is 10.2 Å². The molecule has 142 valence electrons. The predicted octanol–water partition coefficient (Wildman–Crippen LogP) is 2.60. The molecular weight excluding hydrogens is 336 g/mol. The van der Waals surface area contributed by atoms with Gasteiger partial charge in [-0.3, -0.25) is 4.79 Å². The number of likely N-dealkylation sites (tertiary alicyclic amines) is 1. The highest BCUT2D eigenvalue weighted by atomic mass is 16.5. The number of amides is 2. The molecule has 26 heavy (non-hydrogen) atoms. The lowest BCUT2D eigenvalue weighted by Crippen LogP contribution is -2.40. The Morgan fingerprint density at radius 2 is 1.81 bits per heavy atom. The van der Waals surface area contributed by atoms with Gasteiger partial charge in [-0.25, -0.2) is 4.79 Å². The number of carbonyl (C=O) groups is 2. The zero-order valence-electron chi connectivity index (χ0n) is 15.1. The number of piperidine rings is 1. The molecule has 1 aromatic rings. The molecule has 0 aromatic heterocycles. The molecule has 1 aliphatic carbocycles. The smallest absolute Gasteiger partial charge is 0.407 e. The van der Waals surface area contributed by atoms with Gasteiger partial charge in [0.2, 0.25) is 0 Å². The van der Waals surface area contributed by atoms with E-state index in [-0.39, 0.29) is 5.91 Å². The third-order valence-electron chi connectivity index (χ3n) is 5.00. The molecule has 2 N–H and O–H groups in total. The first kappa shape index (κ1) is 18.4. The lowest BCUT2D eigenvalue weighted by Gasteiger charge is -2.30. The van der Waals surface area contributed by atoms with Gasteiger partial charge in [0.1, 0.15) is 11.5 Å². The van der Waals surface area contributed by atoms with Crippen LogP contribution in [0.4, 0.5) is 4.79 Å². The van der Waals surface area contributed by atoms with Crippen LogP contribution in [0.15, 0.2) is 18.2 Å². The van der Waals surface area contributed by atoms with Gasteiger partial charge in [0.05, 0.1) is 13.7 Å². The molecule has 0 radical (unpaired) electrons. The van der Waals surface area contributed by atoms with Crippen molar-refractivity contribution in [3.63, 3.8) is 0 Å². The molecule has 3 rings (SSSR count). The van der Waals surface area contributed by atoms with Crippen LogP contribution in [0.25, 0.3) is 0 Å². The summed E-state index contributed by atoms with van der Waals surface area (Å²) in [5, 5.41) is 11.9. The number of nitrogens with one attached hydrogen (secondary N) is 1. The molecule has 0 spiro atoms. The number of benzene rings is 1. The Hall–Kier alpha value is -2.44. The van der Waals surface area contributed by atoms with Crippen molar-refractivity contribution in [2.75, 3.05) is 33.4 Å². The lowest BCUT2D eigenvalue weighted by molar-refractivity contribution is 0.0928. The number of methoxy groups -OCH3 is 1. The van der Waals surface area contributed by atoms with Gasteiger partial charge in [0, 0.05) is 31.3 Å². The minimum absolute atomic E-state index is 0.166. The zero-order chi connectivity index (χ0) is 18.5. The van der Waals surface area contributed by atoms with Crippen LogP contribution in [0.2, 0.25) is 0 Å². The molecule has 7 heteroatoms. The van der Waals surface area contributed by atoms with Gasteiger partial charge in [-0.1, -0.05) is 0 Å². The number of carbonyl (C=O) groups excluding carboxylic acids is 1. The van der Waals surface area contributed by atoms with Crippen molar-refractivity contribution in [3.8, 4) is 11.5 Å². The average Bonchev–Trinajstić information content (AvgIpc) is 3.49. The molecule has 2 fully saturated rings. The third-order valence-corrected chi connectivity index (χ3v) is 5.00. The van der Waals surface area contributed by atoms with Crippen LogP contribution in [-0.2, 0) is 0 Å². The van der Waals surface area contributed by atoms with E-state index in [2.05, 4.69) is 5.32 Å². The van der Waals surface area contributed by atoms with Crippen molar-refractivity contribution >= 4 is 12.0 Å². The summed E-state index contributed by atoms with van der Waals surface area (Å²) >= 11 is 0. The van der Waals surface area contributed by atoms with Crippen molar-refractivity contribution in [2.24, 2.45) is 11.8 Å². The molecule has 0 atom stereocenters. The summed E-state index contributed by atoms with van der Waals surface area (Å²) in [6, 6.07) is 5.24. The molecule has 1 aliphatic heterocycles. The quantitative estimate of drug-likeness (QED) is 0.778. The molecule has 0 bridgehead atoms. The summed E-state index contributed by atoms with van der Waals surface area (Å²) in [7, 11) is 1.57. The van der Waals surface area contributed by atoms with Gasteiger partial charge in [0.25, 0.3) is 5.91 Å². The van der Waals surface area contributed by atoms with Crippen LogP contribution in [0, 0.1) is 11.8 Å². The van der Waals surface area contributed by atoms with Crippen molar-refractivity contribution in [2.45, 2.75) is 25.7 Å². The Balaban J connectivity index is 1.53. The molecular formula is C19H26N2O5. The molecule has 1 saturated carbocycles. The maximum absolute atomic E-state index is 12.5. The number of carboxylic acid groups (broad SMARTS) is 1. The average molecular weight is 362 g/mol. The minimum atomic E-state index is -0.873. The number of hydrogen-bond acceptors (Lipinski definition) is 4. The van der Waals surface area contributed by atoms with Gasteiger partial charge >= 0.3 is 6.09 Å². The summed E-state index contributed by atoms with van der Waals surface area (Å²) in [4.78, 5) is 24.9. The molecule has 0 unspecified atom stereocenters. The number of ether oxygens (including phenoxy) is 2. The largest absolute Gasteiger partial charge is 0.497 e. The maximum Gasteiger partial charge on any atom is 0.407 e. The fraction of sp³-hybridized carbons (Fsp3) is 0.579. The second-order valence-corrected chi connectivity index (χ2v) is 7.07. The summed E-state index contributed by atoms with van der Waals surface area (Å²) in [6.45, 7) is 2.26. The van der Waals surface area contributed by atoms with E-state index >= 15 is 0 Å². The number of hydrogen-bond donors (Lipinski definition) is 2. The molecule has 1 saturated heterocycles. The van der Waals surface area contributed by atoms with E-state index in [1.807, 2.05) is 0 Å². The molecule has 1 aromatic carbocycles. The molecule has 2 aliphatic rings. The van der Waals surface area contributed by atoms with E-state index in [0.717, 1.165) is 12.8 Å². The lowest BCUT2D eigenvalue weighted by atomic mass is 9.97. The fourth-order valence-corrected chi connectivity index (χ4v) is 3.07. The highest BCUT2D eigenvalue weighted by Gasteiger charge is 2.24. The zero-order valence-corrected chi connectivity index (χ0v) is 15.1. The van der Waals surface area contributed by atoms with Crippen molar-refractivity contribution in [3.05, 3.63) is 23.8 Å². The van der Waals surface area contributed by atoms with E-state index in [4.69, 9.17) is 14.6 Å². The van der Waals surface area contributed by atoms with E-state index in [9.17, 15) is 9.59 Å². The predicted molar refractivity (Wildman–Crippen MR) is 95.9 cm³/mol. The van der Waals surface area contributed by atoms with E-state index < -0.39 is 6.09 Å². The Morgan fingerprint density at radius 3 is 2.42 bits per heavy atom. The van der Waals surface area contributed by atoms with Gasteiger partial charge in [-0.05, 0) is 49.7 Å². The molecule has 7 nitrogen and oxygen atoms in total. The topological polar surface area (TPSA) is 88.1 Å². The van der Waals surface area contributed by atoms with E-state index in [0.29, 0.717) is 55.1 Å². The van der Waals surface area contributed by atoms with E-state index in [1.165, 1.54) is 17.7 Å². The standard InChI is InChI=1S/C19H26N2O5/c1-25-16-8-15(9-17(10-16)26-12-14-2-3-14)18(22)20-11-13-4-6-21(7-5-13)19(23)24/h8-10,13-14H,2-7,11-12H2,1H3,(H,20,22)(H,23,24). The summed E-state index contributed by atoms with van der Waals surface area (Å²) < 4.78 is 11.0. The second kappa shape index (κ2) is 8.29. The first-order chi connectivity index (χ1) is 12.5. The number of nitrogens with zero attached hydrogens (tertiary/aromatic N) is 1. The van der Waals surface area contributed by atoms with Gasteiger partial charge in [-0.15, -0.1) is 0 Å². The van der Waals surface area contributed by atoms with Crippen LogP contribution in [0.3, 0.4) is 0 Å². The van der Waals surface area contributed by atoms with Crippen LogP contribution in [0.5, 0.6) is 11.5 Å². The van der Waals surface area contributed by atoms with E-state index in [1.54, 1.807) is 25.3 Å².